The Morgan fingerprint density at radius 1 is 1.08 bits per heavy atom. The molecule has 3 rings (SSSR count). The molecule has 1 aromatic heterocycles. The molecule has 1 heterocycles. The van der Waals surface area contributed by atoms with Crippen molar-refractivity contribution in [2.45, 2.75) is 18.0 Å². The van der Waals surface area contributed by atoms with E-state index in [9.17, 15) is 31.5 Å². The summed E-state index contributed by atoms with van der Waals surface area (Å²) in [6, 6.07) is 9.54. The standard InChI is InChI=1S/C17H12F3NO4S/c1-10-13-9-11(17(18,19)20)7-8-14(13)21(15(10)16(22)23)26(24,25)12-5-3-2-4-6-12/h2-9H,1H3,(H,22,23). The zero-order valence-corrected chi connectivity index (χ0v) is 14.1. The topological polar surface area (TPSA) is 76.4 Å². The number of carboxylic acid groups (broad SMARTS) is 1. The van der Waals surface area contributed by atoms with Crippen molar-refractivity contribution in [3.8, 4) is 0 Å². The predicted octanol–water partition coefficient (Wildman–Crippen LogP) is 3.90. The van der Waals surface area contributed by atoms with E-state index in [1.807, 2.05) is 0 Å². The number of benzene rings is 2. The minimum absolute atomic E-state index is 0.0573. The molecule has 0 radical (unpaired) electrons. The van der Waals surface area contributed by atoms with Gasteiger partial charge in [0.1, 0.15) is 5.69 Å². The van der Waals surface area contributed by atoms with Crippen LogP contribution < -0.4 is 0 Å². The molecule has 136 valence electrons. The van der Waals surface area contributed by atoms with Crippen LogP contribution in [-0.4, -0.2) is 23.5 Å². The first-order chi connectivity index (χ1) is 12.0. The zero-order valence-electron chi connectivity index (χ0n) is 13.3. The second-order valence-electron chi connectivity index (χ2n) is 5.59. The molecule has 0 aliphatic heterocycles. The molecule has 0 unspecified atom stereocenters. The Morgan fingerprint density at radius 3 is 2.23 bits per heavy atom. The molecule has 0 atom stereocenters. The molecule has 3 aromatic rings. The number of alkyl halides is 3. The van der Waals surface area contributed by atoms with Crippen LogP contribution in [-0.2, 0) is 16.2 Å². The van der Waals surface area contributed by atoms with Crippen LogP contribution in [0.25, 0.3) is 10.9 Å². The van der Waals surface area contributed by atoms with Gasteiger partial charge in [0.2, 0.25) is 0 Å². The minimum atomic E-state index is -4.63. The highest BCUT2D eigenvalue weighted by Gasteiger charge is 2.33. The molecule has 1 N–H and O–H groups in total. The SMILES string of the molecule is Cc1c(C(=O)O)n(S(=O)(=O)c2ccccc2)c2ccc(C(F)(F)F)cc12. The van der Waals surface area contributed by atoms with E-state index in [2.05, 4.69) is 0 Å². The summed E-state index contributed by atoms with van der Waals surface area (Å²) in [5.74, 6) is -1.55. The van der Waals surface area contributed by atoms with E-state index < -0.39 is 33.4 Å². The fourth-order valence-corrected chi connectivity index (χ4v) is 4.37. The molecule has 0 saturated heterocycles. The Hall–Kier alpha value is -2.81. The normalized spacial score (nSPS) is 12.5. The lowest BCUT2D eigenvalue weighted by Crippen LogP contribution is -2.19. The molecule has 9 heteroatoms. The van der Waals surface area contributed by atoms with Crippen molar-refractivity contribution in [1.29, 1.82) is 0 Å². The lowest BCUT2D eigenvalue weighted by Gasteiger charge is -2.11. The van der Waals surface area contributed by atoms with Gasteiger partial charge >= 0.3 is 12.1 Å². The van der Waals surface area contributed by atoms with Crippen molar-refractivity contribution < 1.29 is 31.5 Å². The van der Waals surface area contributed by atoms with E-state index in [0.29, 0.717) is 3.97 Å². The average Bonchev–Trinajstić information content (AvgIpc) is 2.88. The number of carbonyl (C=O) groups is 1. The highest BCUT2D eigenvalue weighted by Crippen LogP contribution is 2.35. The molecule has 0 amide bonds. The van der Waals surface area contributed by atoms with Crippen LogP contribution in [0.1, 0.15) is 21.6 Å². The first kappa shape index (κ1) is 18.0. The predicted molar refractivity (Wildman–Crippen MR) is 87.7 cm³/mol. The number of aryl methyl sites for hydroxylation is 1. The van der Waals surface area contributed by atoms with Gasteiger partial charge in [-0.25, -0.2) is 17.2 Å². The van der Waals surface area contributed by atoms with Crippen molar-refractivity contribution >= 4 is 26.9 Å². The van der Waals surface area contributed by atoms with E-state index in [1.54, 1.807) is 6.07 Å². The fraction of sp³-hybridized carbons (Fsp3) is 0.118. The van der Waals surface area contributed by atoms with Gasteiger partial charge in [-0.15, -0.1) is 0 Å². The van der Waals surface area contributed by atoms with Gasteiger partial charge in [0.15, 0.2) is 0 Å². The molecular formula is C17H12F3NO4S. The van der Waals surface area contributed by atoms with Gasteiger partial charge in [0, 0.05) is 5.39 Å². The Bertz CT molecular complexity index is 1120. The van der Waals surface area contributed by atoms with Crippen molar-refractivity contribution in [3.05, 3.63) is 65.4 Å². The first-order valence-corrected chi connectivity index (χ1v) is 8.75. The largest absolute Gasteiger partial charge is 0.477 e. The van der Waals surface area contributed by atoms with Gasteiger partial charge in [-0.3, -0.25) is 0 Å². The van der Waals surface area contributed by atoms with Crippen LogP contribution in [0.2, 0.25) is 0 Å². The summed E-state index contributed by atoms with van der Waals surface area (Å²) in [7, 11) is -4.31. The maximum atomic E-state index is 13.0. The Labute approximate surface area is 146 Å². The van der Waals surface area contributed by atoms with E-state index in [1.165, 1.54) is 31.2 Å². The third-order valence-electron chi connectivity index (χ3n) is 3.99. The highest BCUT2D eigenvalue weighted by molar-refractivity contribution is 7.90. The Morgan fingerprint density at radius 2 is 1.69 bits per heavy atom. The number of fused-ring (bicyclic) bond motifs is 1. The number of aromatic nitrogens is 1. The second kappa shape index (κ2) is 5.87. The molecule has 2 aromatic carbocycles. The van der Waals surface area contributed by atoms with Gasteiger partial charge in [-0.05, 0) is 42.8 Å². The number of hydrogen-bond donors (Lipinski definition) is 1. The first-order valence-electron chi connectivity index (χ1n) is 7.31. The molecule has 0 bridgehead atoms. The monoisotopic (exact) mass is 383 g/mol. The average molecular weight is 383 g/mol. The van der Waals surface area contributed by atoms with Crippen LogP contribution in [0.5, 0.6) is 0 Å². The highest BCUT2D eigenvalue weighted by atomic mass is 32.2. The minimum Gasteiger partial charge on any atom is -0.477 e. The summed E-state index contributed by atoms with van der Waals surface area (Å²) in [6.45, 7) is 1.28. The number of hydrogen-bond acceptors (Lipinski definition) is 3. The molecular weight excluding hydrogens is 371 g/mol. The molecule has 0 saturated carbocycles. The third-order valence-corrected chi connectivity index (χ3v) is 5.72. The van der Waals surface area contributed by atoms with E-state index in [-0.39, 0.29) is 21.4 Å². The number of carboxylic acids is 1. The lowest BCUT2D eigenvalue weighted by molar-refractivity contribution is -0.137. The van der Waals surface area contributed by atoms with Crippen molar-refractivity contribution in [3.63, 3.8) is 0 Å². The fourth-order valence-electron chi connectivity index (χ4n) is 2.78. The Kier molecular flexibility index (Phi) is 4.06. The van der Waals surface area contributed by atoms with E-state index in [0.717, 1.165) is 18.2 Å². The molecule has 0 aliphatic carbocycles. The molecule has 0 spiro atoms. The van der Waals surface area contributed by atoms with E-state index in [4.69, 9.17) is 0 Å². The molecule has 0 fully saturated rings. The smallest absolute Gasteiger partial charge is 0.416 e. The number of rotatable bonds is 3. The summed E-state index contributed by atoms with van der Waals surface area (Å²) < 4.78 is 65.4. The van der Waals surface area contributed by atoms with Crippen molar-refractivity contribution in [1.82, 2.24) is 3.97 Å². The van der Waals surface area contributed by atoms with Gasteiger partial charge < -0.3 is 5.11 Å². The van der Waals surface area contributed by atoms with Gasteiger partial charge in [-0.2, -0.15) is 13.2 Å². The van der Waals surface area contributed by atoms with Crippen LogP contribution in [0.3, 0.4) is 0 Å². The second-order valence-corrected chi connectivity index (χ2v) is 7.38. The Balaban J connectivity index is 2.42. The molecule has 26 heavy (non-hydrogen) atoms. The van der Waals surface area contributed by atoms with Crippen molar-refractivity contribution in [2.75, 3.05) is 0 Å². The van der Waals surface area contributed by atoms with Crippen LogP contribution in [0.4, 0.5) is 13.2 Å². The number of halogens is 3. The summed E-state index contributed by atoms with van der Waals surface area (Å²) in [5.41, 5.74) is -1.77. The van der Waals surface area contributed by atoms with Gasteiger partial charge in [0.05, 0.1) is 16.0 Å². The van der Waals surface area contributed by atoms with Gasteiger partial charge in [-0.1, -0.05) is 18.2 Å². The maximum Gasteiger partial charge on any atom is 0.416 e. The lowest BCUT2D eigenvalue weighted by atomic mass is 10.1. The van der Waals surface area contributed by atoms with Crippen LogP contribution in [0.15, 0.2) is 53.4 Å². The van der Waals surface area contributed by atoms with E-state index >= 15 is 0 Å². The van der Waals surface area contributed by atoms with Crippen LogP contribution in [0, 0.1) is 6.92 Å². The van der Waals surface area contributed by atoms with Crippen molar-refractivity contribution in [2.24, 2.45) is 0 Å². The third kappa shape index (κ3) is 2.74. The molecule has 0 aliphatic rings. The number of nitrogens with zero attached hydrogens (tertiary/aromatic N) is 1. The van der Waals surface area contributed by atoms with Gasteiger partial charge in [0.25, 0.3) is 10.0 Å². The zero-order chi connectivity index (χ0) is 19.3. The molecule has 5 nitrogen and oxygen atoms in total. The summed E-state index contributed by atoms with van der Waals surface area (Å²) in [5, 5.41) is 9.39. The number of aromatic carboxylic acids is 1. The summed E-state index contributed by atoms with van der Waals surface area (Å²) in [6.07, 6.45) is -4.63. The summed E-state index contributed by atoms with van der Waals surface area (Å²) >= 11 is 0. The summed E-state index contributed by atoms with van der Waals surface area (Å²) in [4.78, 5) is 11.5. The van der Waals surface area contributed by atoms with Crippen LogP contribution >= 0.6 is 0 Å². The maximum absolute atomic E-state index is 13.0. The quantitative estimate of drug-likeness (QED) is 0.744.